The number of hydrogen-bond donors (Lipinski definition) is 1. The lowest BCUT2D eigenvalue weighted by Gasteiger charge is -2.26. The van der Waals surface area contributed by atoms with Crippen LogP contribution in [0.3, 0.4) is 0 Å². The number of H-pyrrole nitrogens is 1. The highest BCUT2D eigenvalue weighted by Gasteiger charge is 2.25. The molecule has 0 aliphatic carbocycles. The van der Waals surface area contributed by atoms with Crippen molar-refractivity contribution in [2.45, 2.75) is 13.0 Å². The summed E-state index contributed by atoms with van der Waals surface area (Å²) >= 11 is 1.43. The third-order valence-corrected chi connectivity index (χ3v) is 5.96. The van der Waals surface area contributed by atoms with Crippen molar-refractivity contribution in [3.05, 3.63) is 70.5 Å². The first kappa shape index (κ1) is 14.7. The van der Waals surface area contributed by atoms with Gasteiger partial charge < -0.3 is 9.88 Å². The number of thiophene rings is 1. The summed E-state index contributed by atoms with van der Waals surface area (Å²) in [6, 6.07) is 14.7. The van der Waals surface area contributed by atoms with Crippen LogP contribution in [0.15, 0.2) is 48.5 Å². The molecule has 1 aliphatic rings. The van der Waals surface area contributed by atoms with Crippen LogP contribution in [0.1, 0.15) is 20.9 Å². The van der Waals surface area contributed by atoms with Crippen LogP contribution < -0.4 is 0 Å². The number of fused-ring (bicyclic) bond motifs is 4. The molecule has 1 N–H and O–H groups in total. The van der Waals surface area contributed by atoms with Crippen molar-refractivity contribution in [3.8, 4) is 0 Å². The highest BCUT2D eigenvalue weighted by Crippen LogP contribution is 2.31. The molecule has 124 valence electrons. The number of benzene rings is 2. The molecule has 1 aliphatic heterocycles. The van der Waals surface area contributed by atoms with Gasteiger partial charge in [-0.15, -0.1) is 11.3 Å². The monoisotopic (exact) mass is 350 g/mol. The maximum atomic E-state index is 13.4. The fraction of sp³-hybridized carbons (Fsp3) is 0.150. The zero-order valence-electron chi connectivity index (χ0n) is 13.4. The van der Waals surface area contributed by atoms with E-state index in [0.717, 1.165) is 22.0 Å². The molecule has 0 fully saturated rings. The van der Waals surface area contributed by atoms with Gasteiger partial charge in [-0.2, -0.15) is 0 Å². The van der Waals surface area contributed by atoms with Crippen molar-refractivity contribution in [2.75, 3.05) is 6.54 Å². The van der Waals surface area contributed by atoms with Crippen LogP contribution in [0.5, 0.6) is 0 Å². The Kier molecular flexibility index (Phi) is 3.18. The molecule has 1 amide bonds. The van der Waals surface area contributed by atoms with Crippen molar-refractivity contribution in [1.29, 1.82) is 0 Å². The van der Waals surface area contributed by atoms with Gasteiger partial charge in [-0.1, -0.05) is 18.2 Å². The Balaban J connectivity index is 1.49. The van der Waals surface area contributed by atoms with E-state index in [-0.39, 0.29) is 11.7 Å². The fourth-order valence-corrected chi connectivity index (χ4v) is 4.63. The molecule has 4 aromatic rings. The number of aromatic nitrogens is 1. The highest BCUT2D eigenvalue weighted by molar-refractivity contribution is 7.20. The van der Waals surface area contributed by atoms with E-state index >= 15 is 0 Å². The Hall–Kier alpha value is -2.66. The molecule has 5 rings (SSSR count). The first-order chi connectivity index (χ1) is 12.2. The van der Waals surface area contributed by atoms with Gasteiger partial charge in [0.1, 0.15) is 5.82 Å². The maximum absolute atomic E-state index is 13.4. The molecule has 0 atom stereocenters. The molecule has 0 bridgehead atoms. The minimum atomic E-state index is -0.272. The van der Waals surface area contributed by atoms with E-state index in [1.807, 2.05) is 17.0 Å². The van der Waals surface area contributed by atoms with E-state index in [4.69, 9.17) is 0 Å². The van der Waals surface area contributed by atoms with Crippen LogP contribution in [-0.4, -0.2) is 22.3 Å². The molecule has 0 saturated carbocycles. The Morgan fingerprint density at radius 3 is 2.96 bits per heavy atom. The Morgan fingerprint density at radius 2 is 2.04 bits per heavy atom. The second-order valence-electron chi connectivity index (χ2n) is 6.40. The van der Waals surface area contributed by atoms with E-state index in [0.29, 0.717) is 18.0 Å². The van der Waals surface area contributed by atoms with E-state index in [9.17, 15) is 9.18 Å². The van der Waals surface area contributed by atoms with Crippen LogP contribution in [0.2, 0.25) is 0 Å². The van der Waals surface area contributed by atoms with Crippen LogP contribution in [0.25, 0.3) is 21.0 Å². The van der Waals surface area contributed by atoms with Crippen molar-refractivity contribution >= 4 is 38.2 Å². The molecule has 0 spiro atoms. The van der Waals surface area contributed by atoms with Crippen molar-refractivity contribution in [3.63, 3.8) is 0 Å². The molecule has 0 unspecified atom stereocenters. The average molecular weight is 350 g/mol. The summed E-state index contributed by atoms with van der Waals surface area (Å²) in [6.07, 6.45) is 0.829. The van der Waals surface area contributed by atoms with Crippen LogP contribution >= 0.6 is 11.3 Å². The van der Waals surface area contributed by atoms with Crippen LogP contribution in [0.4, 0.5) is 4.39 Å². The summed E-state index contributed by atoms with van der Waals surface area (Å²) in [5.74, 6) is -0.247. The van der Waals surface area contributed by atoms with Crippen molar-refractivity contribution in [1.82, 2.24) is 9.88 Å². The quantitative estimate of drug-likeness (QED) is 0.530. The molecule has 0 saturated heterocycles. The summed E-state index contributed by atoms with van der Waals surface area (Å²) in [6.45, 7) is 1.31. The summed E-state index contributed by atoms with van der Waals surface area (Å²) in [5, 5.41) is 1.98. The maximum Gasteiger partial charge on any atom is 0.264 e. The van der Waals surface area contributed by atoms with Crippen LogP contribution in [0, 0.1) is 5.82 Å². The number of nitrogens with zero attached hydrogens (tertiary/aromatic N) is 1. The molecule has 5 heteroatoms. The molecule has 3 heterocycles. The average Bonchev–Trinajstić information content (AvgIpc) is 3.21. The fourth-order valence-electron chi connectivity index (χ4n) is 3.62. The number of amides is 1. The van der Waals surface area contributed by atoms with Gasteiger partial charge in [0.25, 0.3) is 5.91 Å². The van der Waals surface area contributed by atoms with Gasteiger partial charge >= 0.3 is 0 Å². The number of aromatic amines is 1. The largest absolute Gasteiger partial charge is 0.358 e. The molecule has 2 aromatic heterocycles. The Labute approximate surface area is 147 Å². The number of halogens is 1. The first-order valence-corrected chi connectivity index (χ1v) is 9.07. The van der Waals surface area contributed by atoms with Gasteiger partial charge in [0.2, 0.25) is 0 Å². The zero-order valence-corrected chi connectivity index (χ0v) is 14.2. The molecular formula is C20H15FN2OS. The van der Waals surface area contributed by atoms with Gasteiger partial charge in [-0.05, 0) is 35.7 Å². The standard InChI is InChI=1S/C20H15FN2OS/c21-13-5-6-18-12(9-13)10-19(25-18)20(24)23-8-7-17-15(11-23)14-3-1-2-4-16(14)22-17/h1-6,9-10,22H,7-8,11H2. The molecular weight excluding hydrogens is 335 g/mol. The summed E-state index contributed by atoms with van der Waals surface area (Å²) < 4.78 is 14.3. The lowest BCUT2D eigenvalue weighted by Crippen LogP contribution is -2.35. The van der Waals surface area contributed by atoms with Crippen LogP contribution in [-0.2, 0) is 13.0 Å². The third-order valence-electron chi connectivity index (χ3n) is 4.86. The van der Waals surface area contributed by atoms with Gasteiger partial charge in [0.15, 0.2) is 0 Å². The number of para-hydroxylation sites is 1. The summed E-state index contributed by atoms with van der Waals surface area (Å²) in [7, 11) is 0. The van der Waals surface area contributed by atoms with E-state index in [1.54, 1.807) is 12.1 Å². The van der Waals surface area contributed by atoms with Gasteiger partial charge in [0.05, 0.1) is 4.88 Å². The number of rotatable bonds is 1. The topological polar surface area (TPSA) is 36.1 Å². The molecule has 0 radical (unpaired) electrons. The Bertz CT molecular complexity index is 1130. The van der Waals surface area contributed by atoms with Gasteiger partial charge in [-0.25, -0.2) is 4.39 Å². The smallest absolute Gasteiger partial charge is 0.264 e. The number of hydrogen-bond acceptors (Lipinski definition) is 2. The lowest BCUT2D eigenvalue weighted by atomic mass is 10.0. The second-order valence-corrected chi connectivity index (χ2v) is 7.48. The summed E-state index contributed by atoms with van der Waals surface area (Å²) in [5.41, 5.74) is 3.56. The first-order valence-electron chi connectivity index (χ1n) is 8.26. The predicted octanol–water partition coefficient (Wildman–Crippen LogP) is 4.72. The predicted molar refractivity (Wildman–Crippen MR) is 98.5 cm³/mol. The van der Waals surface area contributed by atoms with Crippen molar-refractivity contribution in [2.24, 2.45) is 0 Å². The number of nitrogens with one attached hydrogen (secondary N) is 1. The lowest BCUT2D eigenvalue weighted by molar-refractivity contribution is 0.0740. The van der Waals surface area contributed by atoms with E-state index < -0.39 is 0 Å². The number of carbonyl (C=O) groups is 1. The molecule has 2 aromatic carbocycles. The SMILES string of the molecule is O=C(c1cc2cc(F)ccc2s1)N1CCc2[nH]c3ccccc3c2C1. The van der Waals surface area contributed by atoms with Crippen molar-refractivity contribution < 1.29 is 9.18 Å². The Morgan fingerprint density at radius 1 is 1.16 bits per heavy atom. The molecule has 25 heavy (non-hydrogen) atoms. The van der Waals surface area contributed by atoms with Gasteiger partial charge in [-0.3, -0.25) is 4.79 Å². The number of carbonyl (C=O) groups excluding carboxylic acids is 1. The zero-order chi connectivity index (χ0) is 17.0. The minimum Gasteiger partial charge on any atom is -0.358 e. The van der Waals surface area contributed by atoms with E-state index in [1.165, 1.54) is 40.1 Å². The second kappa shape index (κ2) is 5.43. The molecule has 3 nitrogen and oxygen atoms in total. The van der Waals surface area contributed by atoms with Gasteiger partial charge in [0, 0.05) is 46.4 Å². The highest BCUT2D eigenvalue weighted by atomic mass is 32.1. The normalized spacial score (nSPS) is 14.2. The van der Waals surface area contributed by atoms with E-state index in [2.05, 4.69) is 17.1 Å². The minimum absolute atomic E-state index is 0.0255. The summed E-state index contributed by atoms with van der Waals surface area (Å²) in [4.78, 5) is 19.0. The third kappa shape index (κ3) is 2.35.